The van der Waals surface area contributed by atoms with Crippen LogP contribution in [0.2, 0.25) is 0 Å². The molecule has 0 unspecified atom stereocenters. The molecule has 0 aliphatic carbocycles. The van der Waals surface area contributed by atoms with Gasteiger partial charge in [-0.2, -0.15) is 0 Å². The van der Waals surface area contributed by atoms with Crippen LogP contribution in [0.25, 0.3) is 0 Å². The topological polar surface area (TPSA) is 47.0 Å². The van der Waals surface area contributed by atoms with Gasteiger partial charge < -0.3 is 4.79 Å². The van der Waals surface area contributed by atoms with E-state index in [0.717, 1.165) is 0 Å². The average Bonchev–Trinajstić information content (AvgIpc) is 2.20. The van der Waals surface area contributed by atoms with Gasteiger partial charge in [-0.25, -0.2) is 0 Å². The lowest BCUT2D eigenvalue weighted by Gasteiger charge is -1.88. The zero-order chi connectivity index (χ0) is 11.0. The highest BCUT2D eigenvalue weighted by atomic mass is 16.1. The van der Waals surface area contributed by atoms with E-state index in [4.69, 9.17) is 0 Å². The molecule has 0 bridgehead atoms. The smallest absolute Gasteiger partial charge is 0.178 e. The van der Waals surface area contributed by atoms with Crippen molar-refractivity contribution in [3.8, 4) is 0 Å². The van der Waals surface area contributed by atoms with Crippen molar-refractivity contribution in [1.29, 1.82) is 0 Å². The van der Waals surface area contributed by atoms with Crippen LogP contribution >= 0.6 is 0 Å². The first-order valence-corrected chi connectivity index (χ1v) is 4.49. The molecular formula is C11H15NO2. The molecule has 0 radical (unpaired) electrons. The highest BCUT2D eigenvalue weighted by Gasteiger charge is 1.94. The predicted molar refractivity (Wildman–Crippen MR) is 55.2 cm³/mol. The molecule has 0 saturated carbocycles. The quantitative estimate of drug-likeness (QED) is 0.677. The van der Waals surface area contributed by atoms with Gasteiger partial charge in [0.15, 0.2) is 5.78 Å². The fraction of sp³-hybridized carbons (Fsp3) is 0.364. The normalized spacial score (nSPS) is 8.50. The Balaban J connectivity index is 0.000000292. The average molecular weight is 193 g/mol. The van der Waals surface area contributed by atoms with Crippen LogP contribution in [-0.4, -0.2) is 16.6 Å². The second kappa shape index (κ2) is 6.95. The molecule has 0 aromatic carbocycles. The van der Waals surface area contributed by atoms with Gasteiger partial charge in [-0.1, -0.05) is 13.0 Å². The summed E-state index contributed by atoms with van der Waals surface area (Å²) in [5.74, 6) is 0.264. The van der Waals surface area contributed by atoms with Crippen molar-refractivity contribution in [3.63, 3.8) is 0 Å². The number of rotatable bonds is 2. The minimum Gasteiger partial charge on any atom is -0.300 e. The van der Waals surface area contributed by atoms with Crippen LogP contribution in [0.1, 0.15) is 37.7 Å². The third-order valence-corrected chi connectivity index (χ3v) is 1.52. The zero-order valence-corrected chi connectivity index (χ0v) is 8.78. The summed E-state index contributed by atoms with van der Waals surface area (Å²) in [7, 11) is 0. The zero-order valence-electron chi connectivity index (χ0n) is 8.78. The molecule has 76 valence electrons. The number of Topliss-reactive ketones (excluding diaryl/α,β-unsaturated/α-hetero) is 2. The predicted octanol–water partition coefficient (Wildman–Crippen LogP) is 2.27. The minimum atomic E-state index is 0.00981. The van der Waals surface area contributed by atoms with Crippen molar-refractivity contribution < 1.29 is 9.59 Å². The summed E-state index contributed by atoms with van der Waals surface area (Å²) in [5, 5.41) is 0. The Morgan fingerprint density at radius 3 is 2.07 bits per heavy atom. The summed E-state index contributed by atoms with van der Waals surface area (Å²) in [6.45, 7) is 4.94. The number of pyridine rings is 1. The van der Waals surface area contributed by atoms with Crippen LogP contribution in [0.3, 0.4) is 0 Å². The summed E-state index contributed by atoms with van der Waals surface area (Å²) in [4.78, 5) is 24.2. The number of hydrogen-bond acceptors (Lipinski definition) is 3. The number of hydrogen-bond donors (Lipinski definition) is 0. The van der Waals surface area contributed by atoms with Crippen molar-refractivity contribution in [1.82, 2.24) is 4.98 Å². The first-order valence-electron chi connectivity index (χ1n) is 4.49. The SMILES string of the molecule is CC(=O)c1ccccn1.CCC(C)=O. The summed E-state index contributed by atoms with van der Waals surface area (Å²) in [6.07, 6.45) is 2.27. The number of aromatic nitrogens is 1. The van der Waals surface area contributed by atoms with E-state index < -0.39 is 0 Å². The summed E-state index contributed by atoms with van der Waals surface area (Å²) in [6, 6.07) is 5.28. The molecule has 1 aromatic rings. The highest BCUT2D eigenvalue weighted by molar-refractivity contribution is 5.91. The molecule has 0 atom stereocenters. The number of carbonyl (C=O) groups excluding carboxylic acids is 2. The number of carbonyl (C=O) groups is 2. The molecule has 14 heavy (non-hydrogen) atoms. The lowest BCUT2D eigenvalue weighted by molar-refractivity contribution is -0.116. The number of ketones is 2. The van der Waals surface area contributed by atoms with E-state index in [-0.39, 0.29) is 11.6 Å². The molecule has 0 N–H and O–H groups in total. The molecule has 0 amide bonds. The maximum absolute atomic E-state index is 10.6. The van der Waals surface area contributed by atoms with E-state index in [1.165, 1.54) is 6.92 Å². The van der Waals surface area contributed by atoms with Gasteiger partial charge in [0.2, 0.25) is 0 Å². The molecule has 1 heterocycles. The molecular weight excluding hydrogens is 178 g/mol. The van der Waals surface area contributed by atoms with Crippen LogP contribution in [-0.2, 0) is 4.79 Å². The van der Waals surface area contributed by atoms with Gasteiger partial charge in [0, 0.05) is 19.5 Å². The number of nitrogens with zero attached hydrogens (tertiary/aromatic N) is 1. The van der Waals surface area contributed by atoms with E-state index in [0.29, 0.717) is 12.1 Å². The monoisotopic (exact) mass is 193 g/mol. The molecule has 3 heteroatoms. The summed E-state index contributed by atoms with van der Waals surface area (Å²) < 4.78 is 0. The van der Waals surface area contributed by atoms with Crippen molar-refractivity contribution in [2.24, 2.45) is 0 Å². The van der Waals surface area contributed by atoms with Crippen LogP contribution < -0.4 is 0 Å². The van der Waals surface area contributed by atoms with Gasteiger partial charge in [-0.3, -0.25) is 9.78 Å². The van der Waals surface area contributed by atoms with E-state index in [9.17, 15) is 9.59 Å². The van der Waals surface area contributed by atoms with Crippen molar-refractivity contribution in [3.05, 3.63) is 30.1 Å². The molecule has 0 aliphatic heterocycles. The third kappa shape index (κ3) is 6.06. The van der Waals surface area contributed by atoms with Gasteiger partial charge in [0.1, 0.15) is 11.5 Å². The second-order valence-corrected chi connectivity index (χ2v) is 2.83. The molecule has 1 aromatic heterocycles. The Hall–Kier alpha value is -1.51. The van der Waals surface area contributed by atoms with E-state index in [1.54, 1.807) is 31.3 Å². The van der Waals surface area contributed by atoms with Crippen LogP contribution in [0.4, 0.5) is 0 Å². The maximum atomic E-state index is 10.6. The van der Waals surface area contributed by atoms with Gasteiger partial charge in [-0.05, 0) is 19.1 Å². The fourth-order valence-corrected chi connectivity index (χ4v) is 0.571. The first kappa shape index (κ1) is 12.5. The second-order valence-electron chi connectivity index (χ2n) is 2.83. The van der Waals surface area contributed by atoms with Crippen LogP contribution in [0.5, 0.6) is 0 Å². The molecule has 0 saturated heterocycles. The Kier molecular flexibility index (Phi) is 6.20. The Bertz CT molecular complexity index is 293. The lowest BCUT2D eigenvalue weighted by Crippen LogP contribution is -1.93. The van der Waals surface area contributed by atoms with Crippen molar-refractivity contribution in [2.45, 2.75) is 27.2 Å². The largest absolute Gasteiger partial charge is 0.300 e. The van der Waals surface area contributed by atoms with Crippen molar-refractivity contribution >= 4 is 11.6 Å². The van der Waals surface area contributed by atoms with Gasteiger partial charge >= 0.3 is 0 Å². The molecule has 0 spiro atoms. The summed E-state index contributed by atoms with van der Waals surface area (Å²) >= 11 is 0. The molecule has 3 nitrogen and oxygen atoms in total. The van der Waals surface area contributed by atoms with Gasteiger partial charge in [-0.15, -0.1) is 0 Å². The fourth-order valence-electron chi connectivity index (χ4n) is 0.571. The van der Waals surface area contributed by atoms with Crippen LogP contribution in [0.15, 0.2) is 24.4 Å². The molecule has 0 fully saturated rings. The summed E-state index contributed by atoms with van der Waals surface area (Å²) in [5.41, 5.74) is 0.525. The Labute approximate surface area is 84.2 Å². The maximum Gasteiger partial charge on any atom is 0.178 e. The third-order valence-electron chi connectivity index (χ3n) is 1.52. The Morgan fingerprint density at radius 1 is 1.29 bits per heavy atom. The molecule has 1 rings (SSSR count). The highest BCUT2D eigenvalue weighted by Crippen LogP contribution is 1.92. The lowest BCUT2D eigenvalue weighted by atomic mass is 10.3. The van der Waals surface area contributed by atoms with Gasteiger partial charge in [0.05, 0.1) is 0 Å². The van der Waals surface area contributed by atoms with E-state index in [2.05, 4.69) is 4.98 Å². The minimum absolute atomic E-state index is 0.00981. The van der Waals surface area contributed by atoms with Crippen molar-refractivity contribution in [2.75, 3.05) is 0 Å². The van der Waals surface area contributed by atoms with Gasteiger partial charge in [0.25, 0.3) is 0 Å². The first-order chi connectivity index (χ1) is 6.57. The Morgan fingerprint density at radius 2 is 1.86 bits per heavy atom. The van der Waals surface area contributed by atoms with E-state index >= 15 is 0 Å². The molecule has 0 aliphatic rings. The van der Waals surface area contributed by atoms with Crippen LogP contribution in [0, 0.1) is 0 Å². The van der Waals surface area contributed by atoms with E-state index in [1.807, 2.05) is 6.92 Å². The standard InChI is InChI=1S/C7H7NO.C4H8O/c1-6(9)7-4-2-3-5-8-7;1-3-4(2)5/h2-5H,1H3;3H2,1-2H3.